The van der Waals surface area contributed by atoms with Crippen LogP contribution in [0.2, 0.25) is 0 Å². The van der Waals surface area contributed by atoms with Crippen molar-refractivity contribution < 1.29 is 8.42 Å². The Bertz CT molecular complexity index is 469. The summed E-state index contributed by atoms with van der Waals surface area (Å²) in [6.07, 6.45) is 1.40. The molecule has 5 nitrogen and oxygen atoms in total. The Balaban J connectivity index is 3.04. The van der Waals surface area contributed by atoms with Crippen molar-refractivity contribution in [2.75, 3.05) is 18.4 Å². The van der Waals surface area contributed by atoms with E-state index in [1.807, 2.05) is 27.7 Å². The fourth-order valence-electron chi connectivity index (χ4n) is 1.77. The van der Waals surface area contributed by atoms with E-state index < -0.39 is 10.0 Å². The molecule has 0 atom stereocenters. The van der Waals surface area contributed by atoms with Gasteiger partial charge in [0.2, 0.25) is 10.0 Å². The second kappa shape index (κ2) is 6.15. The van der Waals surface area contributed by atoms with E-state index in [0.29, 0.717) is 12.4 Å². The van der Waals surface area contributed by atoms with Crippen molar-refractivity contribution in [3.8, 4) is 0 Å². The van der Waals surface area contributed by atoms with E-state index in [4.69, 9.17) is 0 Å². The van der Waals surface area contributed by atoms with E-state index in [-0.39, 0.29) is 10.9 Å². The average Bonchev–Trinajstić information content (AvgIpc) is 2.30. The molecule has 102 valence electrons. The van der Waals surface area contributed by atoms with Gasteiger partial charge in [-0.1, -0.05) is 6.92 Å². The summed E-state index contributed by atoms with van der Waals surface area (Å²) in [4.78, 5) is 4.33. The zero-order valence-electron chi connectivity index (χ0n) is 11.3. The number of nitrogens with zero attached hydrogens (tertiary/aromatic N) is 2. The van der Waals surface area contributed by atoms with Crippen LogP contribution in [0, 0.1) is 0 Å². The van der Waals surface area contributed by atoms with Crippen molar-refractivity contribution in [3.05, 3.63) is 18.3 Å². The van der Waals surface area contributed by atoms with Crippen molar-refractivity contribution in [1.82, 2.24) is 9.29 Å². The Labute approximate surface area is 109 Å². The molecule has 1 aromatic rings. The van der Waals surface area contributed by atoms with Crippen LogP contribution in [0.1, 0.15) is 27.7 Å². The Morgan fingerprint density at radius 3 is 2.39 bits per heavy atom. The fraction of sp³-hybridized carbons (Fsp3) is 0.583. The lowest BCUT2D eigenvalue weighted by Crippen LogP contribution is -2.36. The van der Waals surface area contributed by atoms with E-state index in [2.05, 4.69) is 10.3 Å². The number of aromatic nitrogens is 1. The molecule has 0 aliphatic rings. The van der Waals surface area contributed by atoms with Gasteiger partial charge in [0.25, 0.3) is 0 Å². The van der Waals surface area contributed by atoms with E-state index >= 15 is 0 Å². The van der Waals surface area contributed by atoms with Crippen LogP contribution in [0.3, 0.4) is 0 Å². The maximum absolute atomic E-state index is 12.3. The average molecular weight is 271 g/mol. The number of rotatable bonds is 6. The molecule has 0 radical (unpaired) electrons. The van der Waals surface area contributed by atoms with Crippen LogP contribution >= 0.6 is 0 Å². The second-order valence-electron chi connectivity index (χ2n) is 4.21. The van der Waals surface area contributed by atoms with Crippen LogP contribution < -0.4 is 5.32 Å². The van der Waals surface area contributed by atoms with E-state index in [0.717, 1.165) is 6.54 Å². The highest BCUT2D eigenvalue weighted by Gasteiger charge is 2.25. The molecule has 0 saturated carbocycles. The lowest BCUT2D eigenvalue weighted by atomic mass is 10.4. The molecule has 0 spiro atoms. The van der Waals surface area contributed by atoms with E-state index in [1.165, 1.54) is 10.5 Å². The molecule has 6 heteroatoms. The third-order valence-corrected chi connectivity index (χ3v) is 4.72. The third-order valence-electron chi connectivity index (χ3n) is 2.59. The largest absolute Gasteiger partial charge is 0.370 e. The van der Waals surface area contributed by atoms with Gasteiger partial charge >= 0.3 is 0 Å². The number of anilines is 1. The summed E-state index contributed by atoms with van der Waals surface area (Å²) < 4.78 is 26.1. The molecule has 0 aliphatic heterocycles. The smallest absolute Gasteiger partial charge is 0.244 e. The summed E-state index contributed by atoms with van der Waals surface area (Å²) in [6, 6.07) is 3.21. The Kier molecular flexibility index (Phi) is 5.10. The molecular weight excluding hydrogens is 250 g/mol. The van der Waals surface area contributed by atoms with E-state index in [1.54, 1.807) is 12.1 Å². The molecule has 0 aromatic carbocycles. The maximum atomic E-state index is 12.3. The first-order valence-corrected chi connectivity index (χ1v) is 7.59. The number of sulfonamides is 1. The van der Waals surface area contributed by atoms with Crippen LogP contribution in [0.4, 0.5) is 5.82 Å². The van der Waals surface area contributed by atoms with Gasteiger partial charge in [-0.25, -0.2) is 13.4 Å². The van der Waals surface area contributed by atoms with Gasteiger partial charge in [0.1, 0.15) is 10.7 Å². The van der Waals surface area contributed by atoms with Crippen LogP contribution in [0.15, 0.2) is 23.2 Å². The highest BCUT2D eigenvalue weighted by molar-refractivity contribution is 7.89. The predicted molar refractivity (Wildman–Crippen MR) is 73.1 cm³/mol. The third kappa shape index (κ3) is 3.20. The Hall–Kier alpha value is -1.14. The second-order valence-corrected chi connectivity index (χ2v) is 6.10. The number of hydrogen-bond donors (Lipinski definition) is 1. The molecule has 0 bridgehead atoms. The lowest BCUT2D eigenvalue weighted by Gasteiger charge is -2.24. The van der Waals surface area contributed by atoms with Crippen LogP contribution in [0.5, 0.6) is 0 Å². The summed E-state index contributed by atoms with van der Waals surface area (Å²) in [5, 5.41) is 3.03. The normalized spacial score (nSPS) is 12.1. The van der Waals surface area contributed by atoms with Crippen molar-refractivity contribution in [2.24, 2.45) is 0 Å². The molecule has 0 unspecified atom stereocenters. The van der Waals surface area contributed by atoms with Gasteiger partial charge < -0.3 is 5.32 Å². The SMILES string of the molecule is CCNc1ccc(S(=O)(=O)N(CC)C(C)C)cn1. The van der Waals surface area contributed by atoms with Gasteiger partial charge in [0, 0.05) is 25.3 Å². The zero-order chi connectivity index (χ0) is 13.8. The van der Waals surface area contributed by atoms with Gasteiger partial charge in [-0.15, -0.1) is 0 Å². The Morgan fingerprint density at radius 1 is 1.33 bits per heavy atom. The van der Waals surface area contributed by atoms with Crippen molar-refractivity contribution >= 4 is 15.8 Å². The van der Waals surface area contributed by atoms with Gasteiger partial charge in [0.05, 0.1) is 0 Å². The minimum absolute atomic E-state index is 0.0616. The van der Waals surface area contributed by atoms with Crippen LogP contribution in [0.25, 0.3) is 0 Å². The van der Waals surface area contributed by atoms with Crippen molar-refractivity contribution in [2.45, 2.75) is 38.6 Å². The number of hydrogen-bond acceptors (Lipinski definition) is 4. The van der Waals surface area contributed by atoms with Crippen molar-refractivity contribution in [3.63, 3.8) is 0 Å². The number of nitrogens with one attached hydrogen (secondary N) is 1. The van der Waals surface area contributed by atoms with Gasteiger partial charge in [-0.2, -0.15) is 4.31 Å². The monoisotopic (exact) mass is 271 g/mol. The summed E-state index contributed by atoms with van der Waals surface area (Å²) >= 11 is 0. The highest BCUT2D eigenvalue weighted by atomic mass is 32.2. The molecule has 0 saturated heterocycles. The summed E-state index contributed by atoms with van der Waals surface area (Å²) in [5.41, 5.74) is 0. The molecule has 0 amide bonds. The first-order chi connectivity index (χ1) is 8.43. The van der Waals surface area contributed by atoms with Crippen molar-refractivity contribution in [1.29, 1.82) is 0 Å². The maximum Gasteiger partial charge on any atom is 0.244 e. The molecule has 1 aromatic heterocycles. The minimum atomic E-state index is -3.44. The summed E-state index contributed by atoms with van der Waals surface area (Å²) in [7, 11) is -3.44. The minimum Gasteiger partial charge on any atom is -0.370 e. The lowest BCUT2D eigenvalue weighted by molar-refractivity contribution is 0.369. The first kappa shape index (κ1) is 14.9. The molecular formula is C12H21N3O2S. The van der Waals surface area contributed by atoms with Gasteiger partial charge in [0.15, 0.2) is 0 Å². The molecule has 1 rings (SSSR count). The predicted octanol–water partition coefficient (Wildman–Crippen LogP) is 1.93. The standard InChI is InChI=1S/C12H21N3O2S/c1-5-13-12-8-7-11(9-14-12)18(16,17)15(6-2)10(3)4/h7-10H,5-6H2,1-4H3,(H,13,14). The molecule has 0 aliphatic carbocycles. The first-order valence-electron chi connectivity index (χ1n) is 6.15. The number of pyridine rings is 1. The van der Waals surface area contributed by atoms with Gasteiger partial charge in [-0.05, 0) is 32.9 Å². The van der Waals surface area contributed by atoms with Crippen LogP contribution in [-0.4, -0.2) is 36.8 Å². The molecule has 1 N–H and O–H groups in total. The van der Waals surface area contributed by atoms with Gasteiger partial charge in [-0.3, -0.25) is 0 Å². The van der Waals surface area contributed by atoms with E-state index in [9.17, 15) is 8.42 Å². The summed E-state index contributed by atoms with van der Waals surface area (Å²) in [5.74, 6) is 0.684. The quantitative estimate of drug-likeness (QED) is 0.859. The zero-order valence-corrected chi connectivity index (χ0v) is 12.2. The highest BCUT2D eigenvalue weighted by Crippen LogP contribution is 2.18. The summed E-state index contributed by atoms with van der Waals surface area (Å²) in [6.45, 7) is 8.73. The topological polar surface area (TPSA) is 62.3 Å². The molecule has 18 heavy (non-hydrogen) atoms. The Morgan fingerprint density at radius 2 is 2.00 bits per heavy atom. The van der Waals surface area contributed by atoms with Crippen LogP contribution in [-0.2, 0) is 10.0 Å². The molecule has 0 fully saturated rings. The molecule has 1 heterocycles. The fourth-order valence-corrected chi connectivity index (χ4v) is 3.36.